The first-order valence-electron chi connectivity index (χ1n) is 4.22. The number of rotatable bonds is 6. The Bertz CT molecular complexity index is 213. The maximum absolute atomic E-state index is 12.0. The zero-order valence-electron chi connectivity index (χ0n) is 7.75. The van der Waals surface area contributed by atoms with Crippen LogP contribution in [0.5, 0.6) is 0 Å². The summed E-state index contributed by atoms with van der Waals surface area (Å²) in [6, 6.07) is 0. The van der Waals surface area contributed by atoms with Crippen LogP contribution in [0.4, 0.5) is 8.78 Å². The number of terminal acetylenes is 1. The van der Waals surface area contributed by atoms with Gasteiger partial charge >= 0.3 is 0 Å². The molecule has 0 aliphatic carbocycles. The SMILES string of the molecule is C#CCCC(=O)N(CCO)CC(F)F. The van der Waals surface area contributed by atoms with Gasteiger partial charge in [-0.2, -0.15) is 0 Å². The van der Waals surface area contributed by atoms with Crippen LogP contribution in [0.15, 0.2) is 0 Å². The van der Waals surface area contributed by atoms with Gasteiger partial charge in [-0.25, -0.2) is 8.78 Å². The quantitative estimate of drug-likeness (QED) is 0.641. The molecule has 0 aromatic heterocycles. The Morgan fingerprint density at radius 2 is 2.21 bits per heavy atom. The molecule has 0 saturated carbocycles. The molecule has 14 heavy (non-hydrogen) atoms. The minimum Gasteiger partial charge on any atom is -0.395 e. The molecule has 0 rings (SSSR count). The highest BCUT2D eigenvalue weighted by Crippen LogP contribution is 2.02. The Morgan fingerprint density at radius 1 is 1.57 bits per heavy atom. The summed E-state index contributed by atoms with van der Waals surface area (Å²) in [5.74, 6) is 1.80. The lowest BCUT2D eigenvalue weighted by molar-refractivity contribution is -0.133. The average Bonchev–Trinajstić information content (AvgIpc) is 2.13. The maximum atomic E-state index is 12.0. The van der Waals surface area contributed by atoms with Gasteiger partial charge in [-0.3, -0.25) is 4.79 Å². The molecule has 0 aliphatic heterocycles. The van der Waals surface area contributed by atoms with Crippen molar-refractivity contribution in [3.8, 4) is 12.3 Å². The summed E-state index contributed by atoms with van der Waals surface area (Å²) in [6.07, 6.45) is 2.62. The Balaban J connectivity index is 4.05. The maximum Gasteiger partial charge on any atom is 0.255 e. The second-order valence-electron chi connectivity index (χ2n) is 2.66. The van der Waals surface area contributed by atoms with E-state index in [2.05, 4.69) is 5.92 Å². The highest BCUT2D eigenvalue weighted by atomic mass is 19.3. The summed E-state index contributed by atoms with van der Waals surface area (Å²) in [5.41, 5.74) is 0. The van der Waals surface area contributed by atoms with Gasteiger partial charge in [-0.05, 0) is 0 Å². The summed E-state index contributed by atoms with van der Waals surface area (Å²) in [7, 11) is 0. The van der Waals surface area contributed by atoms with Crippen molar-refractivity contribution in [2.45, 2.75) is 19.3 Å². The van der Waals surface area contributed by atoms with Crippen LogP contribution < -0.4 is 0 Å². The van der Waals surface area contributed by atoms with E-state index in [1.165, 1.54) is 0 Å². The van der Waals surface area contributed by atoms with E-state index in [4.69, 9.17) is 11.5 Å². The van der Waals surface area contributed by atoms with Crippen LogP contribution in [0.2, 0.25) is 0 Å². The summed E-state index contributed by atoms with van der Waals surface area (Å²) in [5, 5.41) is 8.54. The largest absolute Gasteiger partial charge is 0.395 e. The topological polar surface area (TPSA) is 40.5 Å². The first-order valence-corrected chi connectivity index (χ1v) is 4.22. The molecule has 0 bridgehead atoms. The molecule has 1 amide bonds. The molecule has 80 valence electrons. The normalized spacial score (nSPS) is 9.93. The molecule has 3 nitrogen and oxygen atoms in total. The fraction of sp³-hybridized carbons (Fsp3) is 0.667. The van der Waals surface area contributed by atoms with E-state index in [1.54, 1.807) is 0 Å². The lowest BCUT2D eigenvalue weighted by atomic mass is 10.3. The van der Waals surface area contributed by atoms with Gasteiger partial charge < -0.3 is 10.0 Å². The minimum atomic E-state index is -2.59. The van der Waals surface area contributed by atoms with Gasteiger partial charge in [0.1, 0.15) is 0 Å². The first kappa shape index (κ1) is 12.8. The summed E-state index contributed by atoms with van der Waals surface area (Å²) < 4.78 is 23.9. The minimum absolute atomic E-state index is 0.0449. The van der Waals surface area contributed by atoms with Crippen molar-refractivity contribution in [2.75, 3.05) is 19.7 Å². The summed E-state index contributed by atoms with van der Waals surface area (Å²) in [6.45, 7) is -1.05. The summed E-state index contributed by atoms with van der Waals surface area (Å²) >= 11 is 0. The number of aliphatic hydroxyl groups is 1. The van der Waals surface area contributed by atoms with E-state index in [9.17, 15) is 13.6 Å². The van der Waals surface area contributed by atoms with E-state index >= 15 is 0 Å². The number of nitrogens with zero attached hydrogens (tertiary/aromatic N) is 1. The average molecular weight is 205 g/mol. The Kier molecular flexibility index (Phi) is 6.68. The van der Waals surface area contributed by atoms with E-state index in [0.717, 1.165) is 4.90 Å². The Labute approximate surface area is 81.7 Å². The molecule has 0 aliphatic rings. The number of aliphatic hydroxyl groups excluding tert-OH is 1. The second kappa shape index (κ2) is 7.27. The van der Waals surface area contributed by atoms with E-state index in [1.807, 2.05) is 0 Å². The highest BCUT2D eigenvalue weighted by molar-refractivity contribution is 5.76. The lowest BCUT2D eigenvalue weighted by Crippen LogP contribution is -2.37. The van der Waals surface area contributed by atoms with Gasteiger partial charge in [0.15, 0.2) is 0 Å². The standard InChI is InChI=1S/C9H13F2NO2/c1-2-3-4-9(14)12(5-6-13)7-8(10)11/h1,8,13H,3-7H2. The van der Waals surface area contributed by atoms with Crippen LogP contribution in [0, 0.1) is 12.3 Å². The molecule has 0 heterocycles. The number of amides is 1. The van der Waals surface area contributed by atoms with Crippen LogP contribution in [0.3, 0.4) is 0 Å². The molecule has 1 N–H and O–H groups in total. The van der Waals surface area contributed by atoms with Crippen LogP contribution in [-0.4, -0.2) is 42.0 Å². The zero-order chi connectivity index (χ0) is 11.0. The van der Waals surface area contributed by atoms with Crippen molar-refractivity contribution in [1.29, 1.82) is 0 Å². The van der Waals surface area contributed by atoms with Crippen molar-refractivity contribution in [1.82, 2.24) is 4.90 Å². The fourth-order valence-electron chi connectivity index (χ4n) is 0.942. The van der Waals surface area contributed by atoms with Crippen LogP contribution in [0.25, 0.3) is 0 Å². The van der Waals surface area contributed by atoms with Gasteiger partial charge in [0, 0.05) is 19.4 Å². The lowest BCUT2D eigenvalue weighted by Gasteiger charge is -2.20. The molecule has 0 saturated heterocycles. The van der Waals surface area contributed by atoms with Gasteiger partial charge in [-0.15, -0.1) is 12.3 Å². The van der Waals surface area contributed by atoms with E-state index in [0.29, 0.717) is 0 Å². The summed E-state index contributed by atoms with van der Waals surface area (Å²) in [4.78, 5) is 12.1. The third-order valence-corrected chi connectivity index (χ3v) is 1.56. The molecule has 5 heteroatoms. The highest BCUT2D eigenvalue weighted by Gasteiger charge is 2.16. The molecular weight excluding hydrogens is 192 g/mol. The van der Waals surface area contributed by atoms with Crippen molar-refractivity contribution >= 4 is 5.91 Å². The zero-order valence-corrected chi connectivity index (χ0v) is 7.75. The van der Waals surface area contributed by atoms with Crippen molar-refractivity contribution in [2.24, 2.45) is 0 Å². The Hall–Kier alpha value is -1.15. The molecule has 0 fully saturated rings. The third kappa shape index (κ3) is 5.49. The van der Waals surface area contributed by atoms with Gasteiger partial charge in [0.05, 0.1) is 13.2 Å². The van der Waals surface area contributed by atoms with Crippen molar-refractivity contribution in [3.63, 3.8) is 0 Å². The van der Waals surface area contributed by atoms with Crippen LogP contribution in [0.1, 0.15) is 12.8 Å². The number of halogens is 2. The molecule has 0 aromatic carbocycles. The number of alkyl halides is 2. The van der Waals surface area contributed by atoms with Crippen LogP contribution in [-0.2, 0) is 4.79 Å². The first-order chi connectivity index (χ1) is 6.61. The third-order valence-electron chi connectivity index (χ3n) is 1.56. The van der Waals surface area contributed by atoms with Crippen molar-refractivity contribution in [3.05, 3.63) is 0 Å². The van der Waals surface area contributed by atoms with Crippen LogP contribution >= 0.6 is 0 Å². The molecule has 0 aromatic rings. The molecule has 0 atom stereocenters. The monoisotopic (exact) mass is 205 g/mol. The Morgan fingerprint density at radius 3 is 2.64 bits per heavy atom. The van der Waals surface area contributed by atoms with E-state index < -0.39 is 18.9 Å². The van der Waals surface area contributed by atoms with Gasteiger partial charge in [0.25, 0.3) is 6.43 Å². The second-order valence-corrected chi connectivity index (χ2v) is 2.66. The predicted molar refractivity (Wildman–Crippen MR) is 47.7 cm³/mol. The fourth-order valence-corrected chi connectivity index (χ4v) is 0.942. The van der Waals surface area contributed by atoms with Crippen molar-refractivity contribution < 1.29 is 18.7 Å². The predicted octanol–water partition coefficient (Wildman–Crippen LogP) is 0.486. The number of hydrogen-bond donors (Lipinski definition) is 1. The molecule has 0 unspecified atom stereocenters. The van der Waals surface area contributed by atoms with Gasteiger partial charge in [0.2, 0.25) is 5.91 Å². The number of carbonyl (C=O) groups is 1. The molecular formula is C9H13F2NO2. The molecule has 0 radical (unpaired) electrons. The molecule has 0 spiro atoms. The smallest absolute Gasteiger partial charge is 0.255 e. The van der Waals surface area contributed by atoms with E-state index in [-0.39, 0.29) is 26.0 Å². The number of carbonyl (C=O) groups excluding carboxylic acids is 1. The van der Waals surface area contributed by atoms with Gasteiger partial charge in [-0.1, -0.05) is 0 Å². The number of hydrogen-bond acceptors (Lipinski definition) is 2.